The number of fused-ring (bicyclic) bond motifs is 1. The molecular formula is C14H9BrClN3O2. The summed E-state index contributed by atoms with van der Waals surface area (Å²) in [6.07, 6.45) is 0. The standard InChI is InChI=1S/C14H9BrClN3O2/c15-8-5-11-10(18-14(21)19-11)4-7(8)13(20)6-2-1-3-9(16)12(6)17/h1-5H,17H2,(H2,18,19,21). The van der Waals surface area contributed by atoms with E-state index in [9.17, 15) is 9.59 Å². The molecule has 4 N–H and O–H groups in total. The zero-order valence-electron chi connectivity index (χ0n) is 10.5. The highest BCUT2D eigenvalue weighted by atomic mass is 79.9. The fourth-order valence-electron chi connectivity index (χ4n) is 2.11. The topological polar surface area (TPSA) is 91.7 Å². The van der Waals surface area contributed by atoms with Gasteiger partial charge in [-0.15, -0.1) is 0 Å². The van der Waals surface area contributed by atoms with Gasteiger partial charge in [-0.1, -0.05) is 17.7 Å². The van der Waals surface area contributed by atoms with E-state index in [1.807, 2.05) is 0 Å². The lowest BCUT2D eigenvalue weighted by molar-refractivity contribution is 0.103. The lowest BCUT2D eigenvalue weighted by Crippen LogP contribution is -2.06. The molecule has 21 heavy (non-hydrogen) atoms. The highest BCUT2D eigenvalue weighted by molar-refractivity contribution is 9.10. The van der Waals surface area contributed by atoms with Gasteiger partial charge in [-0.25, -0.2) is 4.79 Å². The first-order valence-corrected chi connectivity index (χ1v) is 7.14. The van der Waals surface area contributed by atoms with Crippen molar-refractivity contribution in [1.29, 1.82) is 0 Å². The molecule has 3 aromatic rings. The average Bonchev–Trinajstić information content (AvgIpc) is 2.79. The van der Waals surface area contributed by atoms with Gasteiger partial charge in [0.25, 0.3) is 0 Å². The van der Waals surface area contributed by atoms with Crippen molar-refractivity contribution >= 4 is 50.0 Å². The molecule has 0 aliphatic rings. The van der Waals surface area contributed by atoms with E-state index < -0.39 is 0 Å². The maximum Gasteiger partial charge on any atom is 0.323 e. The van der Waals surface area contributed by atoms with Crippen molar-refractivity contribution < 1.29 is 4.79 Å². The minimum absolute atomic E-state index is 0.235. The number of H-pyrrole nitrogens is 2. The number of hydrogen-bond donors (Lipinski definition) is 3. The van der Waals surface area contributed by atoms with Gasteiger partial charge in [0.1, 0.15) is 0 Å². The van der Waals surface area contributed by atoms with Crippen LogP contribution in [0.1, 0.15) is 15.9 Å². The smallest absolute Gasteiger partial charge is 0.323 e. The van der Waals surface area contributed by atoms with Gasteiger partial charge in [0.2, 0.25) is 0 Å². The van der Waals surface area contributed by atoms with Crippen molar-refractivity contribution in [2.24, 2.45) is 0 Å². The van der Waals surface area contributed by atoms with E-state index in [1.54, 1.807) is 30.3 Å². The van der Waals surface area contributed by atoms with Gasteiger partial charge in [-0.3, -0.25) is 4.79 Å². The third-order valence-electron chi connectivity index (χ3n) is 3.15. The number of para-hydroxylation sites is 1. The van der Waals surface area contributed by atoms with Crippen molar-refractivity contribution in [2.45, 2.75) is 0 Å². The van der Waals surface area contributed by atoms with E-state index in [1.165, 1.54) is 0 Å². The van der Waals surface area contributed by atoms with Crippen molar-refractivity contribution in [3.8, 4) is 0 Å². The Balaban J connectivity index is 2.19. The summed E-state index contributed by atoms with van der Waals surface area (Å²) >= 11 is 9.28. The Morgan fingerprint density at radius 2 is 1.81 bits per heavy atom. The number of hydrogen-bond acceptors (Lipinski definition) is 3. The van der Waals surface area contributed by atoms with Gasteiger partial charge < -0.3 is 15.7 Å². The van der Waals surface area contributed by atoms with E-state index in [-0.39, 0.29) is 17.2 Å². The van der Waals surface area contributed by atoms with Crippen LogP contribution in [0.5, 0.6) is 0 Å². The van der Waals surface area contributed by atoms with Gasteiger partial charge in [-0.2, -0.15) is 0 Å². The van der Waals surface area contributed by atoms with Crippen LogP contribution in [-0.4, -0.2) is 15.8 Å². The molecule has 0 bridgehead atoms. The number of ketones is 1. The zero-order chi connectivity index (χ0) is 15.1. The molecule has 0 aliphatic carbocycles. The molecule has 1 aromatic heterocycles. The number of carbonyl (C=O) groups is 1. The number of nitrogens with one attached hydrogen (secondary N) is 2. The minimum Gasteiger partial charge on any atom is -0.397 e. The molecule has 0 amide bonds. The summed E-state index contributed by atoms with van der Waals surface area (Å²) in [5.74, 6) is -0.272. The Kier molecular flexibility index (Phi) is 3.35. The monoisotopic (exact) mass is 365 g/mol. The Morgan fingerprint density at radius 1 is 1.14 bits per heavy atom. The van der Waals surface area contributed by atoms with Gasteiger partial charge in [0, 0.05) is 15.6 Å². The fraction of sp³-hybridized carbons (Fsp3) is 0. The van der Waals surface area contributed by atoms with Crippen LogP contribution in [-0.2, 0) is 0 Å². The molecule has 1 heterocycles. The first kappa shape index (κ1) is 13.9. The number of aromatic nitrogens is 2. The second-order valence-electron chi connectivity index (χ2n) is 4.49. The highest BCUT2D eigenvalue weighted by Gasteiger charge is 2.18. The fourth-order valence-corrected chi connectivity index (χ4v) is 2.81. The van der Waals surface area contributed by atoms with E-state index in [4.69, 9.17) is 17.3 Å². The number of nitrogens with two attached hydrogens (primary N) is 1. The summed E-state index contributed by atoms with van der Waals surface area (Å²) in [6, 6.07) is 8.16. The van der Waals surface area contributed by atoms with E-state index >= 15 is 0 Å². The minimum atomic E-state index is -0.330. The molecule has 0 saturated carbocycles. The molecule has 0 spiro atoms. The van der Waals surface area contributed by atoms with Crippen molar-refractivity contribution in [3.05, 3.63) is 61.4 Å². The summed E-state index contributed by atoms with van der Waals surface area (Å²) in [6.45, 7) is 0. The second-order valence-corrected chi connectivity index (χ2v) is 5.75. The number of imidazole rings is 1. The van der Waals surface area contributed by atoms with Gasteiger partial charge in [-0.05, 0) is 40.2 Å². The summed E-state index contributed by atoms with van der Waals surface area (Å²) < 4.78 is 0.564. The van der Waals surface area contributed by atoms with Crippen LogP contribution in [0.3, 0.4) is 0 Å². The number of rotatable bonds is 2. The summed E-state index contributed by atoms with van der Waals surface area (Å²) in [5.41, 5.74) is 7.64. The van der Waals surface area contributed by atoms with Gasteiger partial charge >= 0.3 is 5.69 Å². The van der Waals surface area contributed by atoms with Gasteiger partial charge in [0.15, 0.2) is 5.78 Å². The highest BCUT2D eigenvalue weighted by Crippen LogP contribution is 2.29. The second kappa shape index (κ2) is 5.05. The normalized spacial score (nSPS) is 11.0. The Morgan fingerprint density at radius 3 is 2.52 bits per heavy atom. The molecule has 0 atom stereocenters. The van der Waals surface area contributed by atoms with Crippen molar-refractivity contribution in [2.75, 3.05) is 5.73 Å². The Labute approximate surface area is 132 Å². The van der Waals surface area contributed by atoms with Gasteiger partial charge in [0.05, 0.1) is 21.7 Å². The van der Waals surface area contributed by atoms with E-state index in [0.29, 0.717) is 31.7 Å². The molecule has 0 unspecified atom stereocenters. The number of carbonyl (C=O) groups excluding carboxylic acids is 1. The predicted molar refractivity (Wildman–Crippen MR) is 85.9 cm³/mol. The molecule has 0 fully saturated rings. The van der Waals surface area contributed by atoms with Crippen LogP contribution in [0.15, 0.2) is 39.6 Å². The molecule has 2 aromatic carbocycles. The third-order valence-corrected chi connectivity index (χ3v) is 4.13. The Bertz CT molecular complexity index is 930. The molecule has 106 valence electrons. The van der Waals surface area contributed by atoms with Crippen LogP contribution < -0.4 is 11.4 Å². The van der Waals surface area contributed by atoms with Crippen LogP contribution in [0.4, 0.5) is 5.69 Å². The summed E-state index contributed by atoms with van der Waals surface area (Å²) in [5, 5.41) is 0.327. The van der Waals surface area contributed by atoms with Crippen LogP contribution in [0.25, 0.3) is 11.0 Å². The third kappa shape index (κ3) is 2.36. The van der Waals surface area contributed by atoms with E-state index in [2.05, 4.69) is 25.9 Å². The number of aromatic amines is 2. The predicted octanol–water partition coefficient (Wildman–Crippen LogP) is 3.09. The van der Waals surface area contributed by atoms with Crippen LogP contribution in [0.2, 0.25) is 5.02 Å². The van der Waals surface area contributed by atoms with E-state index in [0.717, 1.165) is 0 Å². The maximum atomic E-state index is 12.6. The molecule has 5 nitrogen and oxygen atoms in total. The van der Waals surface area contributed by atoms with Crippen molar-refractivity contribution in [3.63, 3.8) is 0 Å². The number of halogens is 2. The number of anilines is 1. The molecule has 0 aliphatic heterocycles. The first-order chi connectivity index (χ1) is 9.97. The molecule has 3 rings (SSSR count). The maximum absolute atomic E-state index is 12.6. The van der Waals surface area contributed by atoms with Crippen LogP contribution in [0, 0.1) is 0 Å². The van der Waals surface area contributed by atoms with Crippen molar-refractivity contribution in [1.82, 2.24) is 9.97 Å². The Hall–Kier alpha value is -2.05. The first-order valence-electron chi connectivity index (χ1n) is 5.97. The average molecular weight is 367 g/mol. The summed E-state index contributed by atoms with van der Waals surface area (Å²) in [7, 11) is 0. The largest absolute Gasteiger partial charge is 0.397 e. The number of benzene rings is 2. The van der Waals surface area contributed by atoms with Crippen LogP contribution >= 0.6 is 27.5 Å². The zero-order valence-corrected chi connectivity index (χ0v) is 12.9. The SMILES string of the molecule is Nc1c(Cl)cccc1C(=O)c1cc2[nH]c(=O)[nH]c2cc1Br. The summed E-state index contributed by atoms with van der Waals surface area (Å²) in [4.78, 5) is 29.2. The lowest BCUT2D eigenvalue weighted by Gasteiger charge is -2.08. The lowest BCUT2D eigenvalue weighted by atomic mass is 10.0. The molecule has 7 heteroatoms. The molecule has 0 radical (unpaired) electrons. The number of nitrogen functional groups attached to an aromatic ring is 1. The quantitative estimate of drug-likeness (QED) is 0.481. The molecule has 0 saturated heterocycles. The molecular weight excluding hydrogens is 358 g/mol.